The molecule has 1 aromatic heterocycles. The van der Waals surface area contributed by atoms with Crippen LogP contribution in [-0.2, 0) is 6.18 Å². The molecule has 25 heavy (non-hydrogen) atoms. The van der Waals surface area contributed by atoms with E-state index in [0.29, 0.717) is 4.09 Å². The number of nitrogens with zero attached hydrogens (tertiary/aromatic N) is 2. The molecule has 0 aliphatic heterocycles. The summed E-state index contributed by atoms with van der Waals surface area (Å²) in [5, 5.41) is 0.206. The van der Waals surface area contributed by atoms with Gasteiger partial charge in [0.1, 0.15) is 16.3 Å². The van der Waals surface area contributed by atoms with Gasteiger partial charge in [-0.05, 0) is 24.3 Å². The van der Waals surface area contributed by atoms with E-state index < -0.39 is 12.0 Å². The first-order chi connectivity index (χ1) is 11.6. The van der Waals surface area contributed by atoms with E-state index in [9.17, 15) is 13.2 Å². The van der Waals surface area contributed by atoms with Crippen LogP contribution in [0.25, 0.3) is 11.0 Å². The van der Waals surface area contributed by atoms with Gasteiger partial charge in [-0.2, -0.15) is 13.2 Å². The molecule has 0 saturated carbocycles. The molecule has 0 aliphatic rings. The van der Waals surface area contributed by atoms with E-state index in [0.717, 1.165) is 0 Å². The molecule has 11 heteroatoms. The zero-order valence-electron chi connectivity index (χ0n) is 11.6. The van der Waals surface area contributed by atoms with Crippen LogP contribution in [0.4, 0.5) is 13.2 Å². The van der Waals surface area contributed by atoms with Crippen molar-refractivity contribution in [3.63, 3.8) is 0 Å². The van der Waals surface area contributed by atoms with Crippen LogP contribution in [0.15, 0.2) is 24.3 Å². The molecular formula is C14H4Cl5F3N2O. The van der Waals surface area contributed by atoms with Crippen molar-refractivity contribution in [2.45, 2.75) is 6.18 Å². The third-order valence-corrected chi connectivity index (χ3v) is 5.06. The summed E-state index contributed by atoms with van der Waals surface area (Å²) in [4.78, 5) is 3.50. The quantitative estimate of drug-likeness (QED) is 0.379. The summed E-state index contributed by atoms with van der Waals surface area (Å²) in [6, 6.07) is 5.43. The number of benzene rings is 2. The van der Waals surface area contributed by atoms with E-state index in [1.165, 1.54) is 24.3 Å². The van der Waals surface area contributed by atoms with Crippen LogP contribution in [0.1, 0.15) is 5.82 Å². The van der Waals surface area contributed by atoms with Gasteiger partial charge in [0.2, 0.25) is 5.82 Å². The number of hydrogen-bond donors (Lipinski definition) is 0. The summed E-state index contributed by atoms with van der Waals surface area (Å²) in [6.07, 6.45) is -4.76. The van der Waals surface area contributed by atoms with E-state index in [-0.39, 0.29) is 42.6 Å². The lowest BCUT2D eigenvalue weighted by Gasteiger charge is -2.11. The molecule has 0 N–H and O–H groups in total. The third kappa shape index (κ3) is 3.34. The van der Waals surface area contributed by atoms with E-state index in [4.69, 9.17) is 62.9 Å². The smallest absolute Gasteiger partial charge is 0.451 e. The SMILES string of the molecule is FC(F)(F)c1nc2c(Oc3ccc(Cl)c(Cl)c3Cl)c(Cl)ccc2n1Cl. The van der Waals surface area contributed by atoms with E-state index in [1.807, 2.05) is 0 Å². The van der Waals surface area contributed by atoms with Crippen LogP contribution in [-0.4, -0.2) is 9.07 Å². The molecule has 2 aromatic carbocycles. The maximum atomic E-state index is 13.0. The second-order valence-electron chi connectivity index (χ2n) is 4.73. The predicted molar refractivity (Wildman–Crippen MR) is 92.5 cm³/mol. The molecule has 0 aliphatic carbocycles. The molecule has 3 nitrogen and oxygen atoms in total. The van der Waals surface area contributed by atoms with Crippen LogP contribution in [0.2, 0.25) is 20.1 Å². The van der Waals surface area contributed by atoms with Gasteiger partial charge < -0.3 is 4.74 Å². The molecule has 0 atom stereocenters. The van der Waals surface area contributed by atoms with E-state index in [1.54, 1.807) is 0 Å². The van der Waals surface area contributed by atoms with Crippen molar-refractivity contribution in [1.29, 1.82) is 0 Å². The van der Waals surface area contributed by atoms with Gasteiger partial charge in [0.15, 0.2) is 5.75 Å². The summed E-state index contributed by atoms with van der Waals surface area (Å²) in [7, 11) is 0. The monoisotopic (exact) mass is 448 g/mol. The molecule has 3 aromatic rings. The average Bonchev–Trinajstić information content (AvgIpc) is 2.87. The minimum absolute atomic E-state index is 0.0122. The summed E-state index contributed by atoms with van der Waals surface area (Å²) in [5.41, 5.74) is -0.221. The number of imidazole rings is 1. The molecule has 0 amide bonds. The number of alkyl halides is 3. The van der Waals surface area contributed by atoms with Crippen LogP contribution in [0.3, 0.4) is 0 Å². The highest BCUT2D eigenvalue weighted by Gasteiger charge is 2.38. The van der Waals surface area contributed by atoms with Gasteiger partial charge in [-0.3, -0.25) is 0 Å². The third-order valence-electron chi connectivity index (χ3n) is 3.14. The lowest BCUT2D eigenvalue weighted by atomic mass is 10.3. The Balaban J connectivity index is 2.20. The van der Waals surface area contributed by atoms with Crippen molar-refractivity contribution < 1.29 is 17.9 Å². The summed E-state index contributed by atoms with van der Waals surface area (Å²) in [5.74, 6) is -1.41. The summed E-state index contributed by atoms with van der Waals surface area (Å²) < 4.78 is 45.0. The van der Waals surface area contributed by atoms with Crippen molar-refractivity contribution in [3.05, 3.63) is 50.2 Å². The fourth-order valence-corrected chi connectivity index (χ4v) is 3.06. The fraction of sp³-hybridized carbons (Fsp3) is 0.0714. The molecule has 0 unspecified atom stereocenters. The van der Waals surface area contributed by atoms with Gasteiger partial charge in [0, 0.05) is 11.8 Å². The molecule has 0 spiro atoms. The van der Waals surface area contributed by atoms with Gasteiger partial charge in [-0.25, -0.2) is 9.07 Å². The van der Waals surface area contributed by atoms with Crippen molar-refractivity contribution in [3.8, 4) is 11.5 Å². The molecule has 0 saturated heterocycles. The second kappa shape index (κ2) is 6.59. The van der Waals surface area contributed by atoms with Gasteiger partial charge in [-0.1, -0.05) is 46.4 Å². The fourth-order valence-electron chi connectivity index (χ4n) is 2.04. The van der Waals surface area contributed by atoms with Crippen molar-refractivity contribution in [2.24, 2.45) is 0 Å². The Hall–Kier alpha value is -1.05. The van der Waals surface area contributed by atoms with Gasteiger partial charge in [0.05, 0.1) is 20.6 Å². The van der Waals surface area contributed by atoms with Gasteiger partial charge in [-0.15, -0.1) is 0 Å². The number of aromatic nitrogens is 2. The lowest BCUT2D eigenvalue weighted by molar-refractivity contribution is -0.145. The van der Waals surface area contributed by atoms with Crippen molar-refractivity contribution >= 4 is 69.2 Å². The minimum atomic E-state index is -4.76. The Morgan fingerprint density at radius 2 is 1.56 bits per heavy atom. The molecule has 0 radical (unpaired) electrons. The maximum absolute atomic E-state index is 13.0. The normalized spacial score (nSPS) is 12.0. The average molecular weight is 450 g/mol. The molecular weight excluding hydrogens is 446 g/mol. The summed E-state index contributed by atoms with van der Waals surface area (Å²) >= 11 is 29.6. The summed E-state index contributed by atoms with van der Waals surface area (Å²) in [6.45, 7) is 0. The molecule has 0 fully saturated rings. The predicted octanol–water partition coefficient (Wildman–Crippen LogP) is 7.46. The Bertz CT molecular complexity index is 987. The Labute approximate surface area is 163 Å². The minimum Gasteiger partial charge on any atom is -0.452 e. The van der Waals surface area contributed by atoms with Crippen molar-refractivity contribution in [2.75, 3.05) is 0 Å². The Morgan fingerprint density at radius 3 is 2.20 bits per heavy atom. The molecule has 132 valence electrons. The first-order valence-electron chi connectivity index (χ1n) is 6.37. The molecule has 3 rings (SSSR count). The molecule has 0 bridgehead atoms. The maximum Gasteiger partial charge on any atom is 0.451 e. The number of ether oxygens (including phenoxy) is 1. The highest BCUT2D eigenvalue weighted by Crippen LogP contribution is 2.44. The largest absolute Gasteiger partial charge is 0.452 e. The number of hydrogen-bond acceptors (Lipinski definition) is 2. The van der Waals surface area contributed by atoms with Crippen LogP contribution < -0.4 is 4.74 Å². The number of fused-ring (bicyclic) bond motifs is 1. The highest BCUT2D eigenvalue weighted by molar-refractivity contribution is 6.48. The standard InChI is InChI=1S/C14H4Cl5F3N2O/c15-5-2-4-8(10(18)9(5)17)25-12-6(16)1-3-7-11(12)23-13(24(7)19)14(20,21)22/h1-4H. The molecule has 1 heterocycles. The zero-order valence-corrected chi connectivity index (χ0v) is 15.4. The van der Waals surface area contributed by atoms with Crippen molar-refractivity contribution in [1.82, 2.24) is 9.07 Å². The van der Waals surface area contributed by atoms with Crippen LogP contribution >= 0.6 is 58.2 Å². The Kier molecular flexibility index (Phi) is 4.94. The first kappa shape index (κ1) is 18.7. The second-order valence-corrected chi connectivity index (χ2v) is 6.64. The highest BCUT2D eigenvalue weighted by atomic mass is 35.5. The lowest BCUT2D eigenvalue weighted by Crippen LogP contribution is -2.10. The first-order valence-corrected chi connectivity index (χ1v) is 8.22. The number of rotatable bonds is 2. The van der Waals surface area contributed by atoms with E-state index >= 15 is 0 Å². The van der Waals surface area contributed by atoms with Gasteiger partial charge in [0.25, 0.3) is 0 Å². The topological polar surface area (TPSA) is 27.1 Å². The number of halogens is 8. The van der Waals surface area contributed by atoms with Gasteiger partial charge >= 0.3 is 6.18 Å². The van der Waals surface area contributed by atoms with E-state index in [2.05, 4.69) is 4.98 Å². The van der Waals surface area contributed by atoms with Crippen LogP contribution in [0, 0.1) is 0 Å². The zero-order chi connectivity index (χ0) is 18.5. The van der Waals surface area contributed by atoms with Crippen LogP contribution in [0.5, 0.6) is 11.5 Å². The Morgan fingerprint density at radius 1 is 0.920 bits per heavy atom.